The lowest BCUT2D eigenvalue weighted by Gasteiger charge is -2.19. The first-order valence-corrected chi connectivity index (χ1v) is 6.34. The maximum Gasteiger partial charge on any atom is 0.172 e. The topological polar surface area (TPSA) is 71.6 Å². The van der Waals surface area contributed by atoms with Gasteiger partial charge >= 0.3 is 0 Å². The zero-order valence-electron chi connectivity index (χ0n) is 11.8. The van der Waals surface area contributed by atoms with E-state index in [2.05, 4.69) is 31.1 Å². The zero-order valence-corrected chi connectivity index (χ0v) is 11.8. The molecule has 0 atom stereocenters. The lowest BCUT2D eigenvalue weighted by Crippen LogP contribution is -2.10. The minimum Gasteiger partial charge on any atom is -0.296 e. The van der Waals surface area contributed by atoms with Gasteiger partial charge in [0.2, 0.25) is 0 Å². The van der Waals surface area contributed by atoms with Gasteiger partial charge in [-0.15, -0.1) is 5.10 Å². The van der Waals surface area contributed by atoms with Crippen molar-refractivity contribution in [1.29, 1.82) is 5.26 Å². The van der Waals surface area contributed by atoms with Crippen LogP contribution in [0, 0.1) is 11.3 Å². The van der Waals surface area contributed by atoms with Crippen LogP contribution in [0.25, 0.3) is 11.3 Å². The maximum absolute atomic E-state index is 11.0. The fourth-order valence-corrected chi connectivity index (χ4v) is 2.01. The van der Waals surface area contributed by atoms with Crippen molar-refractivity contribution in [2.75, 3.05) is 0 Å². The predicted octanol–water partition coefficient (Wildman–Crippen LogP) is 2.58. The second-order valence-electron chi connectivity index (χ2n) is 5.58. The molecule has 1 heterocycles. The molecule has 0 amide bonds. The molecular formula is C15H16N4O. The van der Waals surface area contributed by atoms with E-state index in [-0.39, 0.29) is 17.7 Å². The van der Waals surface area contributed by atoms with Crippen molar-refractivity contribution in [1.82, 2.24) is 15.0 Å². The van der Waals surface area contributed by atoms with Crippen LogP contribution in [-0.2, 0) is 12.0 Å². The normalized spacial score (nSPS) is 11.1. The number of nitrogens with zero attached hydrogens (tertiary/aromatic N) is 4. The Kier molecular flexibility index (Phi) is 3.66. The number of aromatic nitrogens is 3. The summed E-state index contributed by atoms with van der Waals surface area (Å²) in [6.45, 7) is 6.48. The monoisotopic (exact) mass is 268 g/mol. The highest BCUT2D eigenvalue weighted by molar-refractivity contribution is 5.83. The van der Waals surface area contributed by atoms with E-state index in [9.17, 15) is 4.79 Å². The molecule has 102 valence electrons. The van der Waals surface area contributed by atoms with Crippen LogP contribution in [0.5, 0.6) is 0 Å². The molecule has 0 aliphatic rings. The van der Waals surface area contributed by atoms with Crippen molar-refractivity contribution in [3.05, 3.63) is 35.5 Å². The standard InChI is InChI=1S/C15H16N4O/c1-15(2,3)12-6-4-11(5-7-12)14-13(10-20)17-18-19(14)9-8-16/h4-7,10H,9H2,1-3H3. The fraction of sp³-hybridized carbons (Fsp3) is 0.333. The molecule has 1 aromatic carbocycles. The van der Waals surface area contributed by atoms with Crippen molar-refractivity contribution in [2.24, 2.45) is 0 Å². The Morgan fingerprint density at radius 2 is 1.95 bits per heavy atom. The van der Waals surface area contributed by atoms with Crippen LogP contribution in [-0.4, -0.2) is 21.3 Å². The number of carbonyl (C=O) groups excluding carboxylic acids is 1. The third-order valence-corrected chi connectivity index (χ3v) is 3.12. The van der Waals surface area contributed by atoms with Crippen LogP contribution >= 0.6 is 0 Å². The first-order valence-electron chi connectivity index (χ1n) is 6.34. The van der Waals surface area contributed by atoms with Gasteiger partial charge in [-0.25, -0.2) is 4.68 Å². The summed E-state index contributed by atoms with van der Waals surface area (Å²) in [7, 11) is 0. The highest BCUT2D eigenvalue weighted by Gasteiger charge is 2.17. The summed E-state index contributed by atoms with van der Waals surface area (Å²) in [4.78, 5) is 11.0. The van der Waals surface area contributed by atoms with Crippen LogP contribution in [0.1, 0.15) is 36.8 Å². The van der Waals surface area contributed by atoms with Crippen molar-refractivity contribution in [3.63, 3.8) is 0 Å². The second-order valence-corrected chi connectivity index (χ2v) is 5.58. The largest absolute Gasteiger partial charge is 0.296 e. The molecule has 0 radical (unpaired) electrons. The van der Waals surface area contributed by atoms with E-state index in [0.717, 1.165) is 5.56 Å². The van der Waals surface area contributed by atoms with Gasteiger partial charge in [-0.05, 0) is 11.0 Å². The second kappa shape index (κ2) is 5.25. The highest BCUT2D eigenvalue weighted by atomic mass is 16.1. The Balaban J connectivity index is 2.49. The lowest BCUT2D eigenvalue weighted by atomic mass is 9.86. The van der Waals surface area contributed by atoms with Crippen molar-refractivity contribution in [2.45, 2.75) is 32.7 Å². The zero-order chi connectivity index (χ0) is 14.8. The summed E-state index contributed by atoms with van der Waals surface area (Å²) >= 11 is 0. The molecule has 0 fully saturated rings. The van der Waals surface area contributed by atoms with E-state index >= 15 is 0 Å². The third kappa shape index (κ3) is 2.59. The molecule has 0 unspecified atom stereocenters. The molecule has 20 heavy (non-hydrogen) atoms. The molecule has 2 rings (SSSR count). The number of hydrogen-bond donors (Lipinski definition) is 0. The summed E-state index contributed by atoms with van der Waals surface area (Å²) in [5, 5.41) is 16.4. The van der Waals surface area contributed by atoms with E-state index in [4.69, 9.17) is 5.26 Å². The predicted molar refractivity (Wildman–Crippen MR) is 75.2 cm³/mol. The maximum atomic E-state index is 11.0. The molecule has 0 saturated heterocycles. The quantitative estimate of drug-likeness (QED) is 0.802. The summed E-state index contributed by atoms with van der Waals surface area (Å²) in [6, 6.07) is 9.92. The van der Waals surface area contributed by atoms with Gasteiger partial charge in [0, 0.05) is 5.56 Å². The number of carbonyl (C=O) groups is 1. The highest BCUT2D eigenvalue weighted by Crippen LogP contribution is 2.26. The minimum absolute atomic E-state index is 0.0666. The SMILES string of the molecule is CC(C)(C)c1ccc(-c2c(C=O)nnn2CC#N)cc1. The molecule has 0 spiro atoms. The molecule has 0 saturated carbocycles. The number of rotatable bonds is 3. The van der Waals surface area contributed by atoms with E-state index in [0.29, 0.717) is 12.0 Å². The molecule has 5 heteroatoms. The molecule has 0 N–H and O–H groups in total. The minimum atomic E-state index is 0.0666. The van der Waals surface area contributed by atoms with Crippen LogP contribution < -0.4 is 0 Å². The Morgan fingerprint density at radius 3 is 2.45 bits per heavy atom. The van der Waals surface area contributed by atoms with E-state index in [1.807, 2.05) is 30.3 Å². The van der Waals surface area contributed by atoms with E-state index < -0.39 is 0 Å². The third-order valence-electron chi connectivity index (χ3n) is 3.12. The van der Waals surface area contributed by atoms with Gasteiger partial charge in [-0.3, -0.25) is 4.79 Å². The number of benzene rings is 1. The van der Waals surface area contributed by atoms with Gasteiger partial charge in [0.25, 0.3) is 0 Å². The number of nitriles is 1. The van der Waals surface area contributed by atoms with E-state index in [1.54, 1.807) is 0 Å². The summed E-state index contributed by atoms with van der Waals surface area (Å²) in [6.07, 6.45) is 0.661. The Hall–Kier alpha value is -2.48. The summed E-state index contributed by atoms with van der Waals surface area (Å²) < 4.78 is 1.44. The molecule has 0 bridgehead atoms. The van der Waals surface area contributed by atoms with Crippen LogP contribution in [0.15, 0.2) is 24.3 Å². The number of aldehydes is 1. The average molecular weight is 268 g/mol. The van der Waals surface area contributed by atoms with Gasteiger partial charge < -0.3 is 0 Å². The smallest absolute Gasteiger partial charge is 0.172 e. The average Bonchev–Trinajstić information content (AvgIpc) is 2.81. The summed E-state index contributed by atoms with van der Waals surface area (Å²) in [5.74, 6) is 0. The van der Waals surface area contributed by atoms with Crippen molar-refractivity contribution in [3.8, 4) is 17.3 Å². The van der Waals surface area contributed by atoms with Gasteiger partial charge in [0.15, 0.2) is 12.0 Å². The molecule has 2 aromatic rings. The molecular weight excluding hydrogens is 252 g/mol. The van der Waals surface area contributed by atoms with Gasteiger partial charge in [-0.1, -0.05) is 50.3 Å². The van der Waals surface area contributed by atoms with E-state index in [1.165, 1.54) is 10.2 Å². The van der Waals surface area contributed by atoms with Gasteiger partial charge in [0.05, 0.1) is 6.07 Å². The van der Waals surface area contributed by atoms with Gasteiger partial charge in [0.1, 0.15) is 12.2 Å². The van der Waals surface area contributed by atoms with Crippen molar-refractivity contribution >= 4 is 6.29 Å². The fourth-order valence-electron chi connectivity index (χ4n) is 2.01. The number of hydrogen-bond acceptors (Lipinski definition) is 4. The molecule has 0 aliphatic carbocycles. The van der Waals surface area contributed by atoms with Crippen LogP contribution in [0.2, 0.25) is 0 Å². The van der Waals surface area contributed by atoms with Crippen molar-refractivity contribution < 1.29 is 4.79 Å². The first-order chi connectivity index (χ1) is 9.47. The first kappa shape index (κ1) is 13.9. The van der Waals surface area contributed by atoms with Crippen LogP contribution in [0.3, 0.4) is 0 Å². The Labute approximate surface area is 117 Å². The summed E-state index contributed by atoms with van der Waals surface area (Å²) in [5.41, 5.74) is 2.94. The lowest BCUT2D eigenvalue weighted by molar-refractivity contribution is 0.111. The Bertz CT molecular complexity index is 657. The molecule has 5 nitrogen and oxygen atoms in total. The molecule has 0 aliphatic heterocycles. The Morgan fingerprint density at radius 1 is 1.30 bits per heavy atom. The molecule has 1 aromatic heterocycles. The van der Waals surface area contributed by atoms with Gasteiger partial charge in [-0.2, -0.15) is 5.26 Å². The van der Waals surface area contributed by atoms with Crippen LogP contribution in [0.4, 0.5) is 0 Å².